The molecule has 0 amide bonds. The van der Waals surface area contributed by atoms with Crippen LogP contribution < -0.4 is 9.49 Å². The van der Waals surface area contributed by atoms with Gasteiger partial charge in [-0.25, -0.2) is 0 Å². The molecular weight excluding hydrogens is 377 g/mol. The minimum atomic E-state index is 0.716. The molecule has 0 unspecified atom stereocenters. The molecule has 5 heteroatoms. The van der Waals surface area contributed by atoms with Gasteiger partial charge in [-0.1, -0.05) is 0 Å². The molecule has 1 radical (unpaired) electrons. The van der Waals surface area contributed by atoms with Crippen LogP contribution in [-0.2, 0) is 4.74 Å². The van der Waals surface area contributed by atoms with E-state index in [4.69, 9.17) is 14.7 Å². The second-order valence-corrected chi connectivity index (χ2v) is 6.70. The van der Waals surface area contributed by atoms with E-state index in [0.29, 0.717) is 13.2 Å². The SMILES string of the molecule is [Se]c1nc(N2CCOCC2)nc(-c2ccccc2)c1-c1ccccc1. The summed E-state index contributed by atoms with van der Waals surface area (Å²) in [5.41, 5.74) is 4.21. The normalized spacial score (nSPS) is 14.5. The van der Waals surface area contributed by atoms with Crippen LogP contribution in [0.1, 0.15) is 0 Å². The molecule has 2 aromatic carbocycles. The molecule has 4 nitrogen and oxygen atoms in total. The van der Waals surface area contributed by atoms with Crippen LogP contribution in [0.2, 0.25) is 0 Å². The van der Waals surface area contributed by atoms with Gasteiger partial charge in [-0.2, -0.15) is 0 Å². The van der Waals surface area contributed by atoms with Crippen molar-refractivity contribution >= 4 is 26.6 Å². The number of aromatic nitrogens is 2. The molecule has 25 heavy (non-hydrogen) atoms. The molecule has 0 spiro atoms. The number of anilines is 1. The van der Waals surface area contributed by atoms with E-state index in [9.17, 15) is 0 Å². The predicted octanol–water partition coefficient (Wildman–Crippen LogP) is 2.44. The number of nitrogens with zero attached hydrogens (tertiary/aromatic N) is 3. The number of rotatable bonds is 3. The molecule has 0 N–H and O–H groups in total. The van der Waals surface area contributed by atoms with Crippen molar-refractivity contribution in [2.75, 3.05) is 31.2 Å². The molecule has 1 saturated heterocycles. The average molecular weight is 395 g/mol. The third-order valence-corrected chi connectivity index (χ3v) is 4.89. The Hall–Kier alpha value is -2.20. The summed E-state index contributed by atoms with van der Waals surface area (Å²) in [6, 6.07) is 20.6. The van der Waals surface area contributed by atoms with E-state index in [1.807, 2.05) is 36.4 Å². The number of hydrogen-bond acceptors (Lipinski definition) is 4. The van der Waals surface area contributed by atoms with Gasteiger partial charge in [0.15, 0.2) is 0 Å². The van der Waals surface area contributed by atoms with Crippen LogP contribution in [0.4, 0.5) is 5.95 Å². The predicted molar refractivity (Wildman–Crippen MR) is 101 cm³/mol. The van der Waals surface area contributed by atoms with Crippen molar-refractivity contribution in [2.24, 2.45) is 0 Å². The third kappa shape index (κ3) is 3.45. The Labute approximate surface area is 155 Å². The van der Waals surface area contributed by atoms with E-state index >= 15 is 0 Å². The summed E-state index contributed by atoms with van der Waals surface area (Å²) in [5, 5.41) is 0. The van der Waals surface area contributed by atoms with Gasteiger partial charge in [-0.05, 0) is 0 Å². The standard InChI is InChI=1S/C20H18N3OSe/c25-19-17(15-7-3-1-4-8-15)18(16-9-5-2-6-10-16)21-20(22-19)23-11-13-24-14-12-23/h1-10H,11-14H2. The van der Waals surface area contributed by atoms with Crippen LogP contribution in [0.5, 0.6) is 0 Å². The van der Waals surface area contributed by atoms with Crippen molar-refractivity contribution in [2.45, 2.75) is 0 Å². The molecule has 0 aliphatic carbocycles. The zero-order chi connectivity index (χ0) is 17.1. The fourth-order valence-corrected chi connectivity index (χ4v) is 3.63. The third-order valence-electron chi connectivity index (χ3n) is 4.27. The van der Waals surface area contributed by atoms with Crippen molar-refractivity contribution in [3.05, 3.63) is 60.7 Å². The van der Waals surface area contributed by atoms with Gasteiger partial charge >= 0.3 is 156 Å². The Morgan fingerprint density at radius 3 is 2.04 bits per heavy atom. The summed E-state index contributed by atoms with van der Waals surface area (Å²) in [6.07, 6.45) is 0. The number of ether oxygens (including phenoxy) is 1. The molecule has 125 valence electrons. The maximum absolute atomic E-state index is 5.45. The first-order chi connectivity index (χ1) is 12.3. The number of hydrogen-bond donors (Lipinski definition) is 0. The van der Waals surface area contributed by atoms with E-state index in [1.54, 1.807) is 0 Å². The number of benzene rings is 2. The molecular formula is C20H18N3OSe. The van der Waals surface area contributed by atoms with E-state index in [-0.39, 0.29) is 0 Å². The number of morpholine rings is 1. The van der Waals surface area contributed by atoms with E-state index < -0.39 is 0 Å². The van der Waals surface area contributed by atoms with Gasteiger partial charge < -0.3 is 0 Å². The van der Waals surface area contributed by atoms with Gasteiger partial charge in [0.25, 0.3) is 0 Å². The molecule has 1 fully saturated rings. The second-order valence-electron chi connectivity index (χ2n) is 5.88. The Kier molecular flexibility index (Phi) is 4.79. The average Bonchev–Trinajstić information content (AvgIpc) is 2.69. The summed E-state index contributed by atoms with van der Waals surface area (Å²) in [5.74, 6) is 0.760. The molecule has 1 aromatic heterocycles. The summed E-state index contributed by atoms with van der Waals surface area (Å²) < 4.78 is 6.33. The van der Waals surface area contributed by atoms with E-state index in [0.717, 1.165) is 46.0 Å². The topological polar surface area (TPSA) is 38.2 Å². The van der Waals surface area contributed by atoms with Crippen LogP contribution in [0.25, 0.3) is 22.4 Å². The van der Waals surface area contributed by atoms with E-state index in [2.05, 4.69) is 45.2 Å². The van der Waals surface area contributed by atoms with E-state index in [1.165, 1.54) is 0 Å². The van der Waals surface area contributed by atoms with Crippen LogP contribution >= 0.6 is 0 Å². The molecule has 1 aliphatic rings. The van der Waals surface area contributed by atoms with Crippen molar-refractivity contribution in [3.8, 4) is 22.4 Å². The van der Waals surface area contributed by atoms with Gasteiger partial charge in [-0.3, -0.25) is 0 Å². The van der Waals surface area contributed by atoms with Crippen LogP contribution in [0.15, 0.2) is 60.7 Å². The summed E-state index contributed by atoms with van der Waals surface area (Å²) in [6.45, 7) is 3.07. The monoisotopic (exact) mass is 396 g/mol. The Balaban J connectivity index is 1.88. The second kappa shape index (κ2) is 7.36. The van der Waals surface area contributed by atoms with Gasteiger partial charge in [0, 0.05) is 0 Å². The first kappa shape index (κ1) is 16.3. The summed E-state index contributed by atoms with van der Waals surface area (Å²) in [7, 11) is 0. The molecule has 0 bridgehead atoms. The fraction of sp³-hybridized carbons (Fsp3) is 0.200. The first-order valence-corrected chi connectivity index (χ1v) is 9.21. The Morgan fingerprint density at radius 1 is 0.800 bits per heavy atom. The molecule has 3 aromatic rings. The molecule has 1 aliphatic heterocycles. The fourth-order valence-electron chi connectivity index (χ4n) is 3.00. The van der Waals surface area contributed by atoms with Crippen molar-refractivity contribution in [3.63, 3.8) is 0 Å². The van der Waals surface area contributed by atoms with Gasteiger partial charge in [0.1, 0.15) is 0 Å². The molecule has 2 heterocycles. The molecule has 4 rings (SSSR count). The van der Waals surface area contributed by atoms with Crippen molar-refractivity contribution in [1.29, 1.82) is 0 Å². The Bertz CT molecular complexity index is 850. The van der Waals surface area contributed by atoms with Gasteiger partial charge in [-0.15, -0.1) is 0 Å². The van der Waals surface area contributed by atoms with Crippen LogP contribution in [0, 0.1) is 0 Å². The van der Waals surface area contributed by atoms with Crippen molar-refractivity contribution in [1.82, 2.24) is 9.97 Å². The van der Waals surface area contributed by atoms with Gasteiger partial charge in [0.05, 0.1) is 0 Å². The molecule has 0 saturated carbocycles. The van der Waals surface area contributed by atoms with Gasteiger partial charge in [0.2, 0.25) is 0 Å². The van der Waals surface area contributed by atoms with Crippen LogP contribution in [-0.4, -0.2) is 52.3 Å². The summed E-state index contributed by atoms with van der Waals surface area (Å²) in [4.78, 5) is 11.9. The maximum atomic E-state index is 5.45. The zero-order valence-corrected chi connectivity index (χ0v) is 15.5. The summed E-state index contributed by atoms with van der Waals surface area (Å²) >= 11 is 3.15. The Morgan fingerprint density at radius 2 is 1.40 bits per heavy atom. The molecule has 0 atom stereocenters. The van der Waals surface area contributed by atoms with Crippen molar-refractivity contribution < 1.29 is 4.74 Å². The zero-order valence-electron chi connectivity index (χ0n) is 13.8. The van der Waals surface area contributed by atoms with Crippen LogP contribution in [0.3, 0.4) is 0 Å². The minimum absolute atomic E-state index is 0.716. The first-order valence-electron chi connectivity index (χ1n) is 8.35. The quantitative estimate of drug-likeness (QED) is 0.639.